The summed E-state index contributed by atoms with van der Waals surface area (Å²) in [7, 11) is 0. The van der Waals surface area contributed by atoms with Crippen LogP contribution in [0.15, 0.2) is 0 Å². The minimum atomic E-state index is 0.110. The number of hydrogen-bond acceptors (Lipinski definition) is 2. The summed E-state index contributed by atoms with van der Waals surface area (Å²) in [5.41, 5.74) is 0. The summed E-state index contributed by atoms with van der Waals surface area (Å²) in [4.78, 5) is 21.3. The summed E-state index contributed by atoms with van der Waals surface area (Å²) < 4.78 is 0. The molecule has 0 aromatic rings. The molecular weight excluding hydrogens is 115 g/mol. The fourth-order valence-corrected chi connectivity index (χ4v) is 1.21. The van der Waals surface area contributed by atoms with Gasteiger partial charge in [-0.05, 0) is 12.6 Å². The third kappa shape index (κ3) is 1.66. The molecular formula is C6H9BO2. The highest BCUT2D eigenvalue weighted by Crippen LogP contribution is 2.11. The first-order valence-electron chi connectivity index (χ1n) is 3.22. The Balaban J connectivity index is 2.53. The summed E-state index contributed by atoms with van der Waals surface area (Å²) in [6, 6.07) is 0. The molecule has 1 fully saturated rings. The number of rotatable bonds is 0. The Labute approximate surface area is 54.7 Å². The van der Waals surface area contributed by atoms with E-state index in [1.807, 2.05) is 6.82 Å². The second-order valence-corrected chi connectivity index (χ2v) is 2.77. The van der Waals surface area contributed by atoms with Crippen LogP contribution < -0.4 is 0 Å². The van der Waals surface area contributed by atoms with Gasteiger partial charge < -0.3 is 9.59 Å². The zero-order chi connectivity index (χ0) is 6.85. The van der Waals surface area contributed by atoms with Gasteiger partial charge in [-0.1, -0.05) is 6.82 Å². The van der Waals surface area contributed by atoms with Crippen LogP contribution >= 0.6 is 0 Å². The fourth-order valence-electron chi connectivity index (χ4n) is 1.21. The quantitative estimate of drug-likeness (QED) is 0.351. The minimum Gasteiger partial charge on any atom is -0.300 e. The molecule has 0 bridgehead atoms. The van der Waals surface area contributed by atoms with Gasteiger partial charge in [0.25, 0.3) is 0 Å². The lowest BCUT2D eigenvalue weighted by Crippen LogP contribution is -2.25. The topological polar surface area (TPSA) is 34.1 Å². The number of ketones is 2. The van der Waals surface area contributed by atoms with Crippen molar-refractivity contribution >= 4 is 18.3 Å². The molecule has 0 atom stereocenters. The maximum atomic E-state index is 10.7. The van der Waals surface area contributed by atoms with E-state index in [-0.39, 0.29) is 18.0 Å². The van der Waals surface area contributed by atoms with Crippen molar-refractivity contribution < 1.29 is 9.59 Å². The molecule has 0 unspecified atom stereocenters. The van der Waals surface area contributed by atoms with Crippen LogP contribution in [-0.4, -0.2) is 18.3 Å². The molecule has 1 aliphatic rings. The Morgan fingerprint density at radius 2 is 1.67 bits per heavy atom. The van der Waals surface area contributed by atoms with Crippen molar-refractivity contribution in [1.29, 1.82) is 0 Å². The van der Waals surface area contributed by atoms with Gasteiger partial charge in [0.2, 0.25) is 0 Å². The molecule has 9 heavy (non-hydrogen) atoms. The average Bonchev–Trinajstić information content (AvgIpc) is 1.59. The van der Waals surface area contributed by atoms with E-state index in [4.69, 9.17) is 0 Å². The van der Waals surface area contributed by atoms with Crippen LogP contribution in [0.3, 0.4) is 0 Å². The van der Waals surface area contributed by atoms with Gasteiger partial charge in [-0.15, -0.1) is 0 Å². The van der Waals surface area contributed by atoms with Crippen molar-refractivity contribution in [2.75, 3.05) is 0 Å². The lowest BCUT2D eigenvalue weighted by molar-refractivity contribution is -0.125. The Morgan fingerprint density at radius 3 is 2.00 bits per heavy atom. The Morgan fingerprint density at radius 1 is 1.22 bits per heavy atom. The van der Waals surface area contributed by atoms with E-state index in [1.54, 1.807) is 0 Å². The van der Waals surface area contributed by atoms with Crippen LogP contribution in [0.1, 0.15) is 6.42 Å². The van der Waals surface area contributed by atoms with Crippen LogP contribution in [-0.2, 0) is 9.59 Å². The predicted octanol–water partition coefficient (Wildman–Crippen LogP) is 0.653. The highest BCUT2D eigenvalue weighted by Gasteiger charge is 2.23. The molecule has 0 aromatic heterocycles. The molecule has 1 saturated heterocycles. The van der Waals surface area contributed by atoms with Crippen molar-refractivity contribution in [2.24, 2.45) is 0 Å². The summed E-state index contributed by atoms with van der Waals surface area (Å²) in [6.07, 6.45) is 1.39. The van der Waals surface area contributed by atoms with E-state index in [9.17, 15) is 9.59 Å². The highest BCUT2D eigenvalue weighted by molar-refractivity contribution is 6.66. The van der Waals surface area contributed by atoms with E-state index < -0.39 is 0 Å². The van der Waals surface area contributed by atoms with Crippen molar-refractivity contribution in [3.05, 3.63) is 0 Å². The van der Waals surface area contributed by atoms with E-state index in [0.717, 1.165) is 0 Å². The molecule has 2 nitrogen and oxygen atoms in total. The molecule has 1 heterocycles. The molecule has 0 aromatic carbocycles. The van der Waals surface area contributed by atoms with E-state index in [1.165, 1.54) is 0 Å². The first kappa shape index (κ1) is 6.52. The predicted molar refractivity (Wildman–Crippen MR) is 35.9 cm³/mol. The average molecular weight is 124 g/mol. The van der Waals surface area contributed by atoms with Crippen LogP contribution in [0.25, 0.3) is 0 Å². The van der Waals surface area contributed by atoms with Crippen LogP contribution in [0, 0.1) is 0 Å². The molecule has 0 amide bonds. The van der Waals surface area contributed by atoms with Crippen molar-refractivity contribution in [2.45, 2.75) is 25.9 Å². The number of carbonyl (C=O) groups excluding carboxylic acids is 2. The van der Waals surface area contributed by atoms with Gasteiger partial charge in [0.1, 0.15) is 11.6 Å². The molecule has 48 valence electrons. The van der Waals surface area contributed by atoms with E-state index >= 15 is 0 Å². The smallest absolute Gasteiger partial charge is 0.153 e. The summed E-state index contributed by atoms with van der Waals surface area (Å²) in [5, 5.41) is 0. The monoisotopic (exact) mass is 124 g/mol. The first-order chi connectivity index (χ1) is 4.18. The maximum Gasteiger partial charge on any atom is 0.153 e. The van der Waals surface area contributed by atoms with E-state index in [0.29, 0.717) is 19.4 Å². The zero-order valence-corrected chi connectivity index (χ0v) is 5.52. The van der Waals surface area contributed by atoms with Crippen molar-refractivity contribution in [3.63, 3.8) is 0 Å². The molecule has 0 aliphatic carbocycles. The van der Waals surface area contributed by atoms with Crippen LogP contribution in [0.5, 0.6) is 0 Å². The Kier molecular flexibility index (Phi) is 1.69. The van der Waals surface area contributed by atoms with Crippen molar-refractivity contribution in [3.8, 4) is 0 Å². The summed E-state index contributed by atoms with van der Waals surface area (Å²) in [6.45, 7) is 2.23. The van der Waals surface area contributed by atoms with Gasteiger partial charge >= 0.3 is 0 Å². The Hall–Kier alpha value is -0.595. The molecule has 0 N–H and O–H groups in total. The third-order valence-electron chi connectivity index (χ3n) is 1.55. The summed E-state index contributed by atoms with van der Waals surface area (Å²) in [5.74, 6) is 0.220. The number of Topliss-reactive ketones (excluding diaryl/α,β-unsaturated/α-hetero) is 2. The number of hydrogen-bond donors (Lipinski definition) is 0. The highest BCUT2D eigenvalue weighted by atomic mass is 16.1. The maximum absolute atomic E-state index is 10.7. The SMILES string of the molecule is CB1CC(=O)CC(=O)C1. The second kappa shape index (κ2) is 2.34. The van der Waals surface area contributed by atoms with Gasteiger partial charge in [0.05, 0.1) is 6.42 Å². The lowest BCUT2D eigenvalue weighted by Gasteiger charge is -2.11. The zero-order valence-electron chi connectivity index (χ0n) is 5.52. The molecule has 3 heteroatoms. The molecule has 1 rings (SSSR count). The lowest BCUT2D eigenvalue weighted by atomic mass is 9.43. The normalized spacial score (nSPS) is 20.8. The molecule has 0 radical (unpaired) electrons. The molecule has 0 saturated carbocycles. The Bertz CT molecular complexity index is 137. The van der Waals surface area contributed by atoms with Gasteiger partial charge in [0, 0.05) is 0 Å². The van der Waals surface area contributed by atoms with Gasteiger partial charge in [-0.25, -0.2) is 0 Å². The standard InChI is InChI=1S/C6H9BO2/c1-7-3-5(8)2-6(9)4-7/h2-4H2,1H3. The minimum absolute atomic E-state index is 0.110. The number of carbonyl (C=O) groups is 2. The van der Waals surface area contributed by atoms with E-state index in [2.05, 4.69) is 0 Å². The van der Waals surface area contributed by atoms with Crippen LogP contribution in [0.4, 0.5) is 0 Å². The third-order valence-corrected chi connectivity index (χ3v) is 1.55. The van der Waals surface area contributed by atoms with Gasteiger partial charge in [-0.3, -0.25) is 0 Å². The van der Waals surface area contributed by atoms with Gasteiger partial charge in [0.15, 0.2) is 6.71 Å². The molecule has 0 spiro atoms. The first-order valence-corrected chi connectivity index (χ1v) is 3.22. The van der Waals surface area contributed by atoms with Crippen LogP contribution in [0.2, 0.25) is 19.5 Å². The fraction of sp³-hybridized carbons (Fsp3) is 0.667. The van der Waals surface area contributed by atoms with Crippen molar-refractivity contribution in [1.82, 2.24) is 0 Å². The largest absolute Gasteiger partial charge is 0.300 e. The summed E-state index contributed by atoms with van der Waals surface area (Å²) >= 11 is 0. The van der Waals surface area contributed by atoms with Gasteiger partial charge in [-0.2, -0.15) is 0 Å². The second-order valence-electron chi connectivity index (χ2n) is 2.77. The molecule has 1 aliphatic heterocycles.